The molecule has 0 saturated carbocycles. The summed E-state index contributed by atoms with van der Waals surface area (Å²) < 4.78 is 0. The van der Waals surface area contributed by atoms with Gasteiger partial charge in [0.05, 0.1) is 0 Å². The molecule has 58 valence electrons. The Kier molecular flexibility index (Phi) is 125. The van der Waals surface area contributed by atoms with Crippen LogP contribution in [0.5, 0.6) is 0 Å². The van der Waals surface area contributed by atoms with Gasteiger partial charge in [-0.25, -0.2) is 0 Å². The minimum atomic E-state index is 0. The Labute approximate surface area is 95.9 Å². The van der Waals surface area contributed by atoms with Crippen LogP contribution in [0.15, 0.2) is 0 Å². The van der Waals surface area contributed by atoms with Crippen molar-refractivity contribution in [3.05, 3.63) is 10.6 Å². The van der Waals surface area contributed by atoms with Crippen LogP contribution in [-0.2, 0) is 21.1 Å². The number of hydrogen-bond acceptors (Lipinski definition) is 0. The maximum absolute atomic E-state index is 3.50. The third-order valence-corrected chi connectivity index (χ3v) is 0. The molecule has 0 spiro atoms. The molecule has 0 amide bonds. The molecule has 0 fully saturated rings. The van der Waals surface area contributed by atoms with E-state index < -0.39 is 0 Å². The molecule has 0 N–H and O–H groups in total. The summed E-state index contributed by atoms with van der Waals surface area (Å²) in [6, 6.07) is 0. The number of nitrogens with zero attached hydrogens (tertiary/aromatic N) is 2. The first kappa shape index (κ1) is 22.5. The fourth-order valence-corrected chi connectivity index (χ4v) is 0. The molecule has 0 unspecified atom stereocenters. The average Bonchev–Trinajstić information content (AvgIpc) is 1.75. The standard InChI is InChI=1S/2C2H6N.I2.W/c2*1-3-2;1-2;/h2*1-2H3;;/q2*-1;;+2. The Hall–Kier alpha value is 2.07. The quantitative estimate of drug-likeness (QED) is 0.435. The normalized spacial score (nSPS) is 4.67. The van der Waals surface area contributed by atoms with Crippen LogP contribution in [-0.4, -0.2) is 28.2 Å². The van der Waals surface area contributed by atoms with Crippen molar-refractivity contribution in [3.63, 3.8) is 0 Å². The van der Waals surface area contributed by atoms with E-state index in [2.05, 4.69) is 47.9 Å². The van der Waals surface area contributed by atoms with Crippen molar-refractivity contribution >= 4 is 37.2 Å². The summed E-state index contributed by atoms with van der Waals surface area (Å²) >= 11 is 4.24. The fourth-order valence-electron chi connectivity index (χ4n) is 0. The van der Waals surface area contributed by atoms with Crippen LogP contribution in [0.1, 0.15) is 0 Å². The van der Waals surface area contributed by atoms with Gasteiger partial charge in [0.25, 0.3) is 0 Å². The van der Waals surface area contributed by atoms with Crippen LogP contribution in [0, 0.1) is 0 Å². The Bertz CT molecular complexity index is 18.5. The van der Waals surface area contributed by atoms with Crippen LogP contribution in [0.4, 0.5) is 0 Å². The third-order valence-electron chi connectivity index (χ3n) is 0. The Morgan fingerprint density at radius 1 is 0.778 bits per heavy atom. The van der Waals surface area contributed by atoms with Crippen LogP contribution in [0.2, 0.25) is 0 Å². The van der Waals surface area contributed by atoms with Gasteiger partial charge in [-0.2, -0.15) is 28.2 Å². The summed E-state index contributed by atoms with van der Waals surface area (Å²) in [6.07, 6.45) is 0. The van der Waals surface area contributed by atoms with E-state index in [0.29, 0.717) is 0 Å². The Morgan fingerprint density at radius 2 is 0.778 bits per heavy atom. The summed E-state index contributed by atoms with van der Waals surface area (Å²) in [5.74, 6) is 0. The van der Waals surface area contributed by atoms with E-state index >= 15 is 0 Å². The van der Waals surface area contributed by atoms with Gasteiger partial charge in [0.2, 0.25) is 0 Å². The van der Waals surface area contributed by atoms with Crippen molar-refractivity contribution in [2.24, 2.45) is 0 Å². The van der Waals surface area contributed by atoms with Crippen LogP contribution >= 0.6 is 37.2 Å². The zero-order valence-corrected chi connectivity index (χ0v) is 13.3. The monoisotopic (exact) mass is 526 g/mol. The molecule has 2 nitrogen and oxygen atoms in total. The molecular weight excluding hydrogens is 514 g/mol. The van der Waals surface area contributed by atoms with Crippen molar-refractivity contribution < 1.29 is 21.1 Å². The van der Waals surface area contributed by atoms with Gasteiger partial charge in [-0.1, -0.05) is 0 Å². The molecule has 0 bridgehead atoms. The first-order valence-electron chi connectivity index (χ1n) is 1.93. The summed E-state index contributed by atoms with van der Waals surface area (Å²) in [5.41, 5.74) is 0. The Morgan fingerprint density at radius 3 is 0.778 bits per heavy atom. The first-order valence-corrected chi connectivity index (χ1v) is 8.22. The number of rotatable bonds is 0. The van der Waals surface area contributed by atoms with Crippen molar-refractivity contribution in [2.45, 2.75) is 0 Å². The van der Waals surface area contributed by atoms with Crippen molar-refractivity contribution in [1.82, 2.24) is 0 Å². The molecule has 0 aromatic carbocycles. The second-order valence-electron chi connectivity index (χ2n) is 0.894. The van der Waals surface area contributed by atoms with E-state index in [9.17, 15) is 0 Å². The molecule has 0 rings (SSSR count). The predicted molar refractivity (Wildman–Crippen MR) is 58.5 cm³/mol. The summed E-state index contributed by atoms with van der Waals surface area (Å²) in [4.78, 5) is 0. The second-order valence-corrected chi connectivity index (χ2v) is 0.894. The summed E-state index contributed by atoms with van der Waals surface area (Å²) in [6.45, 7) is 0. The van der Waals surface area contributed by atoms with Gasteiger partial charge >= 0.3 is 21.1 Å². The molecular formula is C4H12I2N2W. The van der Waals surface area contributed by atoms with Gasteiger partial charge in [-0.05, 0) is 0 Å². The topological polar surface area (TPSA) is 28.2 Å². The second kappa shape index (κ2) is 50.0. The predicted octanol–water partition coefficient (Wildman–Crippen LogP) is 3.01. The maximum atomic E-state index is 3.50. The van der Waals surface area contributed by atoms with E-state index in [0.717, 1.165) is 0 Å². The summed E-state index contributed by atoms with van der Waals surface area (Å²) in [5, 5.41) is 7.00. The maximum Gasteiger partial charge on any atom is 2.00 e. The molecule has 0 saturated heterocycles. The largest absolute Gasteiger partial charge is 2.00 e. The van der Waals surface area contributed by atoms with Gasteiger partial charge in [-0.15, -0.1) is 0 Å². The van der Waals surface area contributed by atoms with Gasteiger partial charge in [0.1, 0.15) is 0 Å². The summed E-state index contributed by atoms with van der Waals surface area (Å²) in [7, 11) is 7.00. The molecule has 0 aromatic heterocycles. The van der Waals surface area contributed by atoms with Crippen LogP contribution in [0.3, 0.4) is 0 Å². The first-order chi connectivity index (χ1) is 3.83. The average molecular weight is 526 g/mol. The van der Waals surface area contributed by atoms with E-state index in [4.69, 9.17) is 0 Å². The zero-order chi connectivity index (χ0) is 7.41. The molecule has 0 aliphatic heterocycles. The van der Waals surface area contributed by atoms with Gasteiger partial charge < -0.3 is 10.6 Å². The minimum Gasteiger partial charge on any atom is -0.668 e. The number of halogens is 2. The molecule has 0 aromatic rings. The van der Waals surface area contributed by atoms with Crippen molar-refractivity contribution in [2.75, 3.05) is 28.2 Å². The third kappa shape index (κ3) is 153. The molecule has 0 atom stereocenters. The van der Waals surface area contributed by atoms with E-state index in [1.165, 1.54) is 0 Å². The van der Waals surface area contributed by atoms with E-state index in [1.807, 2.05) is 0 Å². The van der Waals surface area contributed by atoms with Gasteiger partial charge in [0.15, 0.2) is 0 Å². The number of hydrogen-bond donors (Lipinski definition) is 0. The van der Waals surface area contributed by atoms with E-state index in [1.54, 1.807) is 28.2 Å². The molecule has 5 heteroatoms. The zero-order valence-electron chi connectivity index (χ0n) is 6.06. The van der Waals surface area contributed by atoms with Crippen LogP contribution < -0.4 is 0 Å². The smallest absolute Gasteiger partial charge is 0.668 e. The molecule has 9 heavy (non-hydrogen) atoms. The van der Waals surface area contributed by atoms with Gasteiger partial charge in [-0.3, -0.25) is 0 Å². The van der Waals surface area contributed by atoms with Crippen molar-refractivity contribution in [3.8, 4) is 0 Å². The minimum absolute atomic E-state index is 0. The van der Waals surface area contributed by atoms with Gasteiger partial charge in [0, 0.05) is 37.2 Å². The Balaban J connectivity index is -0.0000000202. The molecule has 0 radical (unpaired) electrons. The molecule has 0 heterocycles. The molecule has 0 aliphatic carbocycles. The molecule has 0 aliphatic rings. The SMILES string of the molecule is C[N-]C.C[N-]C.II.[W+2]. The fraction of sp³-hybridized carbons (Fsp3) is 1.00. The van der Waals surface area contributed by atoms with Crippen LogP contribution in [0.25, 0.3) is 10.6 Å². The van der Waals surface area contributed by atoms with Crippen molar-refractivity contribution in [1.29, 1.82) is 0 Å². The van der Waals surface area contributed by atoms with E-state index in [-0.39, 0.29) is 21.1 Å².